The zero-order valence-electron chi connectivity index (χ0n) is 31.6. The Bertz CT molecular complexity index is 1380. The molecule has 48 heavy (non-hydrogen) atoms. The van der Waals surface area contributed by atoms with Gasteiger partial charge in [-0.3, -0.25) is 19.4 Å². The van der Waals surface area contributed by atoms with E-state index in [1.54, 1.807) is 20.0 Å². The van der Waals surface area contributed by atoms with Crippen LogP contribution in [0.15, 0.2) is 24.4 Å². The average molecular weight is 665 g/mol. The molecule has 10 atom stereocenters. The number of nitrogens with zero attached hydrogens (tertiary/aromatic N) is 1. The third-order valence-corrected chi connectivity index (χ3v) is 15.5. The van der Waals surface area contributed by atoms with Crippen molar-refractivity contribution in [2.24, 2.45) is 56.2 Å². The number of hydrogen-bond donors (Lipinski definition) is 2. The standard InChI is InChI=1S/C41H64N2O5/c1-11-19-41(34(45)43-27(3)29-14-12-13-24-42-29)23-22-39(9)28(26(41)2)15-16-31-38(8)20-18-32(48-33(44)25-36(4,5)35(46)47)37(6,7)30(38)17-21-40(31,39)10/h12-14,24,26-28,30-32H,11,15-23,25H2,1-10H3,(H,43,45)(H,46,47)/t26?,27-,28?,30?,31?,32?,38?,39+,40?,41-/m0/s1. The molecule has 0 aromatic carbocycles. The molecule has 1 aromatic rings. The first-order valence-electron chi connectivity index (χ1n) is 18.9. The van der Waals surface area contributed by atoms with E-state index >= 15 is 0 Å². The van der Waals surface area contributed by atoms with Gasteiger partial charge in [-0.15, -0.1) is 0 Å². The molecule has 7 unspecified atom stereocenters. The van der Waals surface area contributed by atoms with Crippen molar-refractivity contribution in [3.63, 3.8) is 0 Å². The molecular weight excluding hydrogens is 600 g/mol. The van der Waals surface area contributed by atoms with Gasteiger partial charge in [0.05, 0.1) is 29.0 Å². The van der Waals surface area contributed by atoms with Crippen LogP contribution in [0.5, 0.6) is 0 Å². The molecule has 0 bridgehead atoms. The Kier molecular flexibility index (Phi) is 9.75. The number of carbonyl (C=O) groups excluding carboxylic acids is 2. The van der Waals surface area contributed by atoms with Gasteiger partial charge in [0.25, 0.3) is 0 Å². The summed E-state index contributed by atoms with van der Waals surface area (Å²) < 4.78 is 6.15. The van der Waals surface area contributed by atoms with Gasteiger partial charge in [0.1, 0.15) is 6.10 Å². The number of hydrogen-bond acceptors (Lipinski definition) is 5. The number of aliphatic carboxylic acids is 1. The molecule has 0 aliphatic heterocycles. The lowest BCUT2D eigenvalue weighted by Gasteiger charge is -2.72. The van der Waals surface area contributed by atoms with Crippen LogP contribution in [0.25, 0.3) is 0 Å². The number of nitrogens with one attached hydrogen (secondary N) is 1. The third-order valence-electron chi connectivity index (χ3n) is 15.5. The molecule has 4 saturated carbocycles. The highest BCUT2D eigenvalue weighted by Crippen LogP contribution is 2.76. The number of carbonyl (C=O) groups is 3. The Morgan fingerprint density at radius 2 is 1.69 bits per heavy atom. The first kappa shape index (κ1) is 36.8. The van der Waals surface area contributed by atoms with E-state index in [1.807, 2.05) is 18.2 Å². The van der Waals surface area contributed by atoms with E-state index in [4.69, 9.17) is 4.74 Å². The molecule has 1 amide bonds. The fourth-order valence-corrected chi connectivity index (χ4v) is 12.4. The van der Waals surface area contributed by atoms with E-state index in [9.17, 15) is 19.5 Å². The smallest absolute Gasteiger partial charge is 0.309 e. The Morgan fingerprint density at radius 3 is 2.31 bits per heavy atom. The van der Waals surface area contributed by atoms with Gasteiger partial charge in [0.2, 0.25) is 5.91 Å². The fraction of sp³-hybridized carbons (Fsp3) is 0.805. The molecule has 0 radical (unpaired) electrons. The van der Waals surface area contributed by atoms with Crippen molar-refractivity contribution in [3.05, 3.63) is 30.1 Å². The number of esters is 1. The second-order valence-corrected chi connectivity index (χ2v) is 18.5. The Labute approximate surface area is 290 Å². The number of carboxylic acid groups (broad SMARTS) is 1. The van der Waals surface area contributed by atoms with E-state index in [0.29, 0.717) is 17.8 Å². The highest BCUT2D eigenvalue weighted by molar-refractivity contribution is 5.83. The number of carboxylic acids is 1. The summed E-state index contributed by atoms with van der Waals surface area (Å²) in [7, 11) is 0. The predicted octanol–water partition coefficient (Wildman–Crippen LogP) is 9.16. The summed E-state index contributed by atoms with van der Waals surface area (Å²) in [4.78, 5) is 43.6. The van der Waals surface area contributed by atoms with E-state index in [-0.39, 0.29) is 57.5 Å². The number of amides is 1. The lowest BCUT2D eigenvalue weighted by molar-refractivity contribution is -0.249. The van der Waals surface area contributed by atoms with Gasteiger partial charge in [0, 0.05) is 11.6 Å². The number of pyridine rings is 1. The molecule has 5 rings (SSSR count). The van der Waals surface area contributed by atoms with Crippen molar-refractivity contribution in [3.8, 4) is 0 Å². The zero-order chi connectivity index (χ0) is 35.5. The second kappa shape index (κ2) is 12.7. The van der Waals surface area contributed by atoms with Crippen LogP contribution in [0.2, 0.25) is 0 Å². The second-order valence-electron chi connectivity index (χ2n) is 18.5. The number of fused-ring (bicyclic) bond motifs is 5. The molecule has 1 heterocycles. The van der Waals surface area contributed by atoms with E-state index < -0.39 is 17.4 Å². The van der Waals surface area contributed by atoms with Crippen molar-refractivity contribution in [1.82, 2.24) is 10.3 Å². The van der Waals surface area contributed by atoms with Crippen molar-refractivity contribution < 1.29 is 24.2 Å². The molecule has 0 saturated heterocycles. The Hall–Kier alpha value is -2.44. The third kappa shape index (κ3) is 5.71. The maximum absolute atomic E-state index is 14.4. The van der Waals surface area contributed by atoms with Crippen LogP contribution in [0, 0.1) is 56.2 Å². The van der Waals surface area contributed by atoms with Gasteiger partial charge in [-0.25, -0.2) is 0 Å². The minimum Gasteiger partial charge on any atom is -0.481 e. The Balaban J connectivity index is 1.37. The molecule has 0 spiro atoms. The largest absolute Gasteiger partial charge is 0.481 e. The van der Waals surface area contributed by atoms with E-state index in [2.05, 4.69) is 65.7 Å². The summed E-state index contributed by atoms with van der Waals surface area (Å²) in [6.45, 7) is 22.1. The van der Waals surface area contributed by atoms with Crippen LogP contribution in [-0.2, 0) is 19.1 Å². The molecule has 2 N–H and O–H groups in total. The fourth-order valence-electron chi connectivity index (χ4n) is 12.4. The highest BCUT2D eigenvalue weighted by atomic mass is 16.5. The molecular formula is C41H64N2O5. The zero-order valence-corrected chi connectivity index (χ0v) is 31.6. The van der Waals surface area contributed by atoms with Crippen molar-refractivity contribution in [1.29, 1.82) is 0 Å². The number of aromatic nitrogens is 1. The van der Waals surface area contributed by atoms with Gasteiger partial charge in [-0.05, 0) is 131 Å². The molecule has 1 aromatic heterocycles. The molecule has 268 valence electrons. The van der Waals surface area contributed by atoms with Gasteiger partial charge >= 0.3 is 11.9 Å². The first-order chi connectivity index (χ1) is 22.3. The Morgan fingerprint density at radius 1 is 0.979 bits per heavy atom. The maximum Gasteiger partial charge on any atom is 0.309 e. The van der Waals surface area contributed by atoms with Gasteiger partial charge in [0.15, 0.2) is 0 Å². The van der Waals surface area contributed by atoms with Gasteiger partial charge in [-0.1, -0.05) is 61.0 Å². The number of ether oxygens (including phenoxy) is 1. The molecule has 7 nitrogen and oxygen atoms in total. The lowest BCUT2D eigenvalue weighted by atomic mass is 9.32. The molecule has 4 aliphatic rings. The molecule has 4 aliphatic carbocycles. The predicted molar refractivity (Wildman–Crippen MR) is 189 cm³/mol. The van der Waals surface area contributed by atoms with E-state index in [1.165, 1.54) is 6.42 Å². The van der Waals surface area contributed by atoms with Crippen molar-refractivity contribution >= 4 is 17.8 Å². The molecule has 4 fully saturated rings. The minimum absolute atomic E-state index is 0.116. The highest BCUT2D eigenvalue weighted by Gasteiger charge is 2.70. The summed E-state index contributed by atoms with van der Waals surface area (Å²) in [5, 5.41) is 13.0. The van der Waals surface area contributed by atoms with Gasteiger partial charge in [-0.2, -0.15) is 0 Å². The average Bonchev–Trinajstić information content (AvgIpc) is 3.01. The van der Waals surface area contributed by atoms with Crippen LogP contribution < -0.4 is 5.32 Å². The summed E-state index contributed by atoms with van der Waals surface area (Å²) in [5.41, 5.74) is -0.376. The topological polar surface area (TPSA) is 106 Å². The maximum atomic E-state index is 14.4. The first-order valence-corrected chi connectivity index (χ1v) is 18.9. The van der Waals surface area contributed by atoms with Crippen molar-refractivity contribution in [2.75, 3.05) is 0 Å². The van der Waals surface area contributed by atoms with Crippen LogP contribution in [0.3, 0.4) is 0 Å². The minimum atomic E-state index is -1.14. The normalized spacial score (nSPS) is 39.6. The monoisotopic (exact) mass is 664 g/mol. The summed E-state index contributed by atoms with van der Waals surface area (Å²) in [5.74, 6) is 0.589. The summed E-state index contributed by atoms with van der Waals surface area (Å²) >= 11 is 0. The van der Waals surface area contributed by atoms with Crippen LogP contribution in [-0.4, -0.2) is 34.0 Å². The number of rotatable bonds is 9. The van der Waals surface area contributed by atoms with Crippen LogP contribution in [0.4, 0.5) is 0 Å². The van der Waals surface area contributed by atoms with E-state index in [0.717, 1.165) is 63.5 Å². The van der Waals surface area contributed by atoms with Crippen LogP contribution >= 0.6 is 0 Å². The SMILES string of the molecule is CCC[C@]1(C(=O)N[C@@H](C)c2ccccn2)CC[C@]2(C)C(CCC3C4(C)CCC(OC(=O)CC(C)(C)C(=O)O)C(C)(C)C4CCC32C)C1C. The van der Waals surface area contributed by atoms with Gasteiger partial charge < -0.3 is 15.2 Å². The summed E-state index contributed by atoms with van der Waals surface area (Å²) in [6.07, 6.45) is 11.8. The summed E-state index contributed by atoms with van der Waals surface area (Å²) in [6, 6.07) is 5.77. The van der Waals surface area contributed by atoms with Crippen LogP contribution in [0.1, 0.15) is 152 Å². The van der Waals surface area contributed by atoms with Crippen molar-refractivity contribution in [2.45, 2.75) is 152 Å². The quantitative estimate of drug-likeness (QED) is 0.255. The lowest BCUT2D eigenvalue weighted by Crippen LogP contribution is -2.67. The molecule has 7 heteroatoms.